The molecule has 1 aromatic rings. The predicted molar refractivity (Wildman–Crippen MR) is 73.4 cm³/mol. The summed E-state index contributed by atoms with van der Waals surface area (Å²) in [7, 11) is 0. The molecule has 1 atom stereocenters. The molecule has 0 fully saturated rings. The summed E-state index contributed by atoms with van der Waals surface area (Å²) < 4.78 is 14.3. The molecule has 0 aliphatic carbocycles. The molecule has 16 heavy (non-hydrogen) atoms. The average molecular weight is 353 g/mol. The van der Waals surface area contributed by atoms with E-state index in [2.05, 4.69) is 44.1 Å². The van der Waals surface area contributed by atoms with Crippen molar-refractivity contribution in [3.63, 3.8) is 0 Å². The molecule has 0 saturated carbocycles. The van der Waals surface area contributed by atoms with Crippen LogP contribution in [-0.2, 0) is 6.54 Å². The van der Waals surface area contributed by atoms with Crippen molar-refractivity contribution in [2.24, 2.45) is 0 Å². The van der Waals surface area contributed by atoms with Crippen LogP contribution in [0.25, 0.3) is 0 Å². The summed E-state index contributed by atoms with van der Waals surface area (Å²) in [6.45, 7) is 3.62. The number of hydrogen-bond donors (Lipinski definition) is 1. The molecule has 0 heterocycles. The first kappa shape index (κ1) is 14.1. The van der Waals surface area contributed by atoms with Gasteiger partial charge in [-0.05, 0) is 37.6 Å². The Morgan fingerprint density at radius 3 is 2.88 bits per heavy atom. The van der Waals surface area contributed by atoms with Crippen molar-refractivity contribution in [1.82, 2.24) is 5.32 Å². The lowest BCUT2D eigenvalue weighted by Crippen LogP contribution is -2.18. The molecule has 0 aliphatic rings. The van der Waals surface area contributed by atoms with E-state index in [4.69, 9.17) is 0 Å². The van der Waals surface area contributed by atoms with E-state index in [1.165, 1.54) is 6.07 Å². The monoisotopic (exact) mass is 351 g/mol. The van der Waals surface area contributed by atoms with Gasteiger partial charge in [0.05, 0.1) is 0 Å². The fourth-order valence-electron chi connectivity index (χ4n) is 1.36. The average Bonchev–Trinajstić information content (AvgIpc) is 2.28. The van der Waals surface area contributed by atoms with Gasteiger partial charge in [0.2, 0.25) is 0 Å². The standard InChI is InChI=1S/C12H16Br2FN/c1-2-10(13)5-6-16-8-9-7-11(14)3-4-12(9)15/h3-4,7,10,16H,2,5-6,8H2,1H3. The normalized spacial score (nSPS) is 12.8. The SMILES string of the molecule is CCC(Br)CCNCc1cc(Br)ccc1F. The molecule has 4 heteroatoms. The minimum atomic E-state index is -0.151. The van der Waals surface area contributed by atoms with E-state index in [0.29, 0.717) is 16.9 Å². The molecule has 90 valence electrons. The molecule has 0 radical (unpaired) electrons. The van der Waals surface area contributed by atoms with E-state index in [9.17, 15) is 4.39 Å². The third-order valence-electron chi connectivity index (χ3n) is 2.40. The Bertz CT molecular complexity index is 331. The number of hydrogen-bond acceptors (Lipinski definition) is 1. The van der Waals surface area contributed by atoms with Crippen molar-refractivity contribution in [3.05, 3.63) is 34.1 Å². The van der Waals surface area contributed by atoms with Gasteiger partial charge in [-0.15, -0.1) is 0 Å². The highest BCUT2D eigenvalue weighted by Gasteiger charge is 2.03. The summed E-state index contributed by atoms with van der Waals surface area (Å²) >= 11 is 6.91. The van der Waals surface area contributed by atoms with Gasteiger partial charge >= 0.3 is 0 Å². The van der Waals surface area contributed by atoms with Crippen molar-refractivity contribution in [3.8, 4) is 0 Å². The van der Waals surface area contributed by atoms with Crippen LogP contribution in [0.2, 0.25) is 0 Å². The second-order valence-corrected chi connectivity index (χ2v) is 5.92. The first-order valence-corrected chi connectivity index (χ1v) is 7.13. The Kier molecular flexibility index (Phi) is 6.54. The molecule has 0 aliphatic heterocycles. The molecular weight excluding hydrogens is 337 g/mol. The molecular formula is C12H16Br2FN. The molecule has 0 aromatic heterocycles. The highest BCUT2D eigenvalue weighted by molar-refractivity contribution is 9.10. The van der Waals surface area contributed by atoms with E-state index in [1.807, 2.05) is 6.07 Å². The Morgan fingerprint density at radius 2 is 2.19 bits per heavy atom. The minimum Gasteiger partial charge on any atom is -0.313 e. The van der Waals surface area contributed by atoms with Crippen LogP contribution in [0.3, 0.4) is 0 Å². The quantitative estimate of drug-likeness (QED) is 0.596. The van der Waals surface area contributed by atoms with Crippen molar-refractivity contribution in [1.29, 1.82) is 0 Å². The molecule has 0 saturated heterocycles. The number of halogens is 3. The summed E-state index contributed by atoms with van der Waals surface area (Å²) in [6, 6.07) is 5.01. The van der Waals surface area contributed by atoms with E-state index in [-0.39, 0.29) is 5.82 Å². The van der Waals surface area contributed by atoms with Crippen molar-refractivity contribution >= 4 is 31.9 Å². The third-order valence-corrected chi connectivity index (χ3v) is 4.00. The van der Waals surface area contributed by atoms with E-state index < -0.39 is 0 Å². The van der Waals surface area contributed by atoms with Crippen molar-refractivity contribution in [2.45, 2.75) is 31.1 Å². The van der Waals surface area contributed by atoms with Crippen molar-refractivity contribution < 1.29 is 4.39 Å². The van der Waals surface area contributed by atoms with E-state index >= 15 is 0 Å². The second-order valence-electron chi connectivity index (χ2n) is 3.71. The highest BCUT2D eigenvalue weighted by atomic mass is 79.9. The largest absolute Gasteiger partial charge is 0.313 e. The van der Waals surface area contributed by atoms with Gasteiger partial charge in [0.25, 0.3) is 0 Å². The zero-order valence-corrected chi connectivity index (χ0v) is 12.4. The van der Waals surface area contributed by atoms with Crippen LogP contribution in [-0.4, -0.2) is 11.4 Å². The van der Waals surface area contributed by atoms with Gasteiger partial charge in [0, 0.05) is 21.4 Å². The Morgan fingerprint density at radius 1 is 1.44 bits per heavy atom. The summed E-state index contributed by atoms with van der Waals surface area (Å²) in [4.78, 5) is 0.548. The topological polar surface area (TPSA) is 12.0 Å². The van der Waals surface area contributed by atoms with Crippen LogP contribution in [0.5, 0.6) is 0 Å². The first-order valence-electron chi connectivity index (χ1n) is 5.42. The Balaban J connectivity index is 2.34. The maximum Gasteiger partial charge on any atom is 0.127 e. The van der Waals surface area contributed by atoms with Gasteiger partial charge in [-0.2, -0.15) is 0 Å². The highest BCUT2D eigenvalue weighted by Crippen LogP contribution is 2.15. The van der Waals surface area contributed by atoms with Gasteiger partial charge in [0.15, 0.2) is 0 Å². The molecule has 0 spiro atoms. The second kappa shape index (κ2) is 7.41. The Labute approximate surface area is 113 Å². The van der Waals surface area contributed by atoms with E-state index in [0.717, 1.165) is 23.9 Å². The van der Waals surface area contributed by atoms with Gasteiger partial charge in [-0.3, -0.25) is 0 Å². The van der Waals surface area contributed by atoms with Crippen LogP contribution in [0.1, 0.15) is 25.3 Å². The van der Waals surface area contributed by atoms with Crippen LogP contribution in [0.4, 0.5) is 4.39 Å². The van der Waals surface area contributed by atoms with Crippen LogP contribution in [0, 0.1) is 5.82 Å². The maximum absolute atomic E-state index is 13.4. The van der Waals surface area contributed by atoms with Gasteiger partial charge in [0.1, 0.15) is 5.82 Å². The molecule has 0 amide bonds. The number of nitrogens with one attached hydrogen (secondary N) is 1. The van der Waals surface area contributed by atoms with Crippen LogP contribution < -0.4 is 5.32 Å². The van der Waals surface area contributed by atoms with Gasteiger partial charge in [-0.25, -0.2) is 4.39 Å². The number of rotatable bonds is 6. The smallest absolute Gasteiger partial charge is 0.127 e. The Hall–Kier alpha value is 0.0700. The zero-order chi connectivity index (χ0) is 12.0. The zero-order valence-electron chi connectivity index (χ0n) is 9.27. The summed E-state index contributed by atoms with van der Waals surface area (Å²) in [5.41, 5.74) is 0.706. The van der Waals surface area contributed by atoms with Crippen LogP contribution >= 0.6 is 31.9 Å². The lowest BCUT2D eigenvalue weighted by molar-refractivity contribution is 0.577. The van der Waals surface area contributed by atoms with Crippen LogP contribution in [0.15, 0.2) is 22.7 Å². The molecule has 1 N–H and O–H groups in total. The molecule has 1 unspecified atom stereocenters. The number of alkyl halides is 1. The van der Waals surface area contributed by atoms with Gasteiger partial charge in [-0.1, -0.05) is 38.8 Å². The van der Waals surface area contributed by atoms with Gasteiger partial charge < -0.3 is 5.32 Å². The fraction of sp³-hybridized carbons (Fsp3) is 0.500. The maximum atomic E-state index is 13.4. The lowest BCUT2D eigenvalue weighted by Gasteiger charge is -2.09. The predicted octanol–water partition coefficient (Wildman–Crippen LogP) is 4.24. The first-order chi connectivity index (χ1) is 7.63. The van der Waals surface area contributed by atoms with E-state index in [1.54, 1.807) is 6.07 Å². The fourth-order valence-corrected chi connectivity index (χ4v) is 2.00. The molecule has 1 nitrogen and oxygen atoms in total. The molecule has 0 bridgehead atoms. The lowest BCUT2D eigenvalue weighted by atomic mass is 10.2. The summed E-state index contributed by atoms with van der Waals surface area (Å²) in [5.74, 6) is -0.151. The number of benzene rings is 1. The minimum absolute atomic E-state index is 0.151. The third kappa shape index (κ3) is 4.93. The summed E-state index contributed by atoms with van der Waals surface area (Å²) in [6.07, 6.45) is 2.18. The summed E-state index contributed by atoms with van der Waals surface area (Å²) in [5, 5.41) is 3.24. The molecule has 1 aromatic carbocycles. The molecule has 1 rings (SSSR count). The van der Waals surface area contributed by atoms with Crippen molar-refractivity contribution in [2.75, 3.05) is 6.54 Å².